The van der Waals surface area contributed by atoms with Gasteiger partial charge in [-0.3, -0.25) is 24.5 Å². The first-order valence-corrected chi connectivity index (χ1v) is 11.2. The first-order chi connectivity index (χ1) is 17.0. The Bertz CT molecular complexity index is 1470. The second-order valence-corrected chi connectivity index (χ2v) is 8.52. The van der Waals surface area contributed by atoms with Crippen LogP contribution in [0.2, 0.25) is 0 Å². The van der Waals surface area contributed by atoms with Gasteiger partial charge in [0, 0.05) is 17.5 Å². The van der Waals surface area contributed by atoms with Crippen LogP contribution in [0.15, 0.2) is 97.1 Å². The zero-order chi connectivity index (χ0) is 24.1. The minimum absolute atomic E-state index is 0.0540. The Morgan fingerprint density at radius 3 is 2.20 bits per heavy atom. The molecule has 4 aromatic rings. The Balaban J connectivity index is 1.45. The molecule has 4 aromatic carbocycles. The number of rotatable bonds is 4. The second kappa shape index (κ2) is 8.03. The largest absolute Gasteiger partial charge is 0.273 e. The van der Waals surface area contributed by atoms with Crippen molar-refractivity contribution in [3.05, 3.63) is 113 Å². The smallest absolute Gasteiger partial charge is 0.269 e. The third-order valence-electron chi connectivity index (χ3n) is 6.58. The maximum absolute atomic E-state index is 13.9. The molecule has 0 aliphatic carbocycles. The number of para-hydroxylation sites is 1. The minimum atomic E-state index is -1.01. The zero-order valence-electron chi connectivity index (χ0n) is 18.4. The second-order valence-electron chi connectivity index (χ2n) is 8.52. The Morgan fingerprint density at radius 2 is 1.46 bits per heavy atom. The van der Waals surface area contributed by atoms with Crippen LogP contribution in [0.4, 0.5) is 17.1 Å². The monoisotopic (exact) mass is 465 g/mol. The number of imide groups is 1. The molecular formula is C27H19N3O5. The lowest BCUT2D eigenvalue weighted by Crippen LogP contribution is -2.37. The maximum Gasteiger partial charge on any atom is 0.269 e. The van der Waals surface area contributed by atoms with Gasteiger partial charge >= 0.3 is 0 Å². The normalized spacial score (nSPS) is 21.5. The van der Waals surface area contributed by atoms with Gasteiger partial charge in [0.2, 0.25) is 5.91 Å². The summed E-state index contributed by atoms with van der Waals surface area (Å²) in [5.41, 5.74) is 1.79. The molecule has 8 heteroatoms. The topological polar surface area (TPSA) is 93.0 Å². The van der Waals surface area contributed by atoms with Crippen LogP contribution in [-0.4, -0.2) is 22.8 Å². The number of fused-ring (bicyclic) bond motifs is 2. The standard InChI is InChI=1S/C27H19N3O5/c31-26-23-24(18-13-15-20(16-14-18)30(33)34)29(19-9-2-1-3-10-19)35-25(23)27(32)28(26)22-12-6-8-17-7-4-5-11-21(17)22/h1-16,23-25H/t23-,24+,25-/m0/s1. The van der Waals surface area contributed by atoms with E-state index in [2.05, 4.69) is 0 Å². The van der Waals surface area contributed by atoms with E-state index in [1.165, 1.54) is 17.0 Å². The van der Waals surface area contributed by atoms with Gasteiger partial charge in [0.1, 0.15) is 5.92 Å². The van der Waals surface area contributed by atoms with Crippen molar-refractivity contribution >= 4 is 39.6 Å². The van der Waals surface area contributed by atoms with Crippen LogP contribution in [0.1, 0.15) is 11.6 Å². The van der Waals surface area contributed by atoms with Crippen LogP contribution >= 0.6 is 0 Å². The highest BCUT2D eigenvalue weighted by atomic mass is 16.7. The van der Waals surface area contributed by atoms with Crippen LogP contribution < -0.4 is 9.96 Å². The molecule has 0 spiro atoms. The van der Waals surface area contributed by atoms with Gasteiger partial charge in [-0.15, -0.1) is 0 Å². The van der Waals surface area contributed by atoms with Crippen LogP contribution in [-0.2, 0) is 14.4 Å². The zero-order valence-corrected chi connectivity index (χ0v) is 18.4. The number of benzene rings is 4. The summed E-state index contributed by atoms with van der Waals surface area (Å²) in [6.45, 7) is 0. The fraction of sp³-hybridized carbons (Fsp3) is 0.111. The molecule has 0 saturated carbocycles. The number of carbonyl (C=O) groups excluding carboxylic acids is 2. The van der Waals surface area contributed by atoms with Crippen molar-refractivity contribution in [2.45, 2.75) is 12.1 Å². The van der Waals surface area contributed by atoms with Crippen molar-refractivity contribution in [3.8, 4) is 0 Å². The van der Waals surface area contributed by atoms with E-state index in [0.717, 1.165) is 10.8 Å². The number of hydrogen-bond acceptors (Lipinski definition) is 6. The number of non-ortho nitro benzene ring substituents is 1. The lowest BCUT2D eigenvalue weighted by atomic mass is 9.90. The van der Waals surface area contributed by atoms with Gasteiger partial charge in [-0.2, -0.15) is 0 Å². The summed E-state index contributed by atoms with van der Waals surface area (Å²) in [5, 5.41) is 14.5. The van der Waals surface area contributed by atoms with Crippen LogP contribution in [0.3, 0.4) is 0 Å². The number of amides is 2. The van der Waals surface area contributed by atoms with Crippen molar-refractivity contribution in [1.82, 2.24) is 0 Å². The molecule has 2 aliphatic rings. The Kier molecular flexibility index (Phi) is 4.82. The molecule has 0 radical (unpaired) electrons. The Morgan fingerprint density at radius 1 is 0.771 bits per heavy atom. The van der Waals surface area contributed by atoms with Gasteiger partial charge in [-0.25, -0.2) is 9.96 Å². The average molecular weight is 465 g/mol. The summed E-state index contributed by atoms with van der Waals surface area (Å²) >= 11 is 0. The summed E-state index contributed by atoms with van der Waals surface area (Å²) in [5.74, 6) is -1.61. The molecule has 2 aliphatic heterocycles. The molecule has 2 saturated heterocycles. The molecule has 3 atom stereocenters. The fourth-order valence-electron chi connectivity index (χ4n) is 4.99. The number of nitro benzene ring substituents is 1. The molecule has 8 nitrogen and oxygen atoms in total. The first kappa shape index (κ1) is 21.0. The van der Waals surface area contributed by atoms with E-state index >= 15 is 0 Å². The predicted octanol–water partition coefficient (Wildman–Crippen LogP) is 4.80. The van der Waals surface area contributed by atoms with Crippen LogP contribution in [0.25, 0.3) is 10.8 Å². The van der Waals surface area contributed by atoms with E-state index < -0.39 is 28.9 Å². The van der Waals surface area contributed by atoms with E-state index in [0.29, 0.717) is 16.9 Å². The Labute approximate surface area is 200 Å². The molecule has 0 N–H and O–H groups in total. The molecule has 35 heavy (non-hydrogen) atoms. The number of anilines is 2. The molecule has 2 fully saturated rings. The number of nitrogens with zero attached hydrogens (tertiary/aromatic N) is 3. The lowest BCUT2D eigenvalue weighted by molar-refractivity contribution is -0.384. The minimum Gasteiger partial charge on any atom is -0.273 e. The molecule has 2 amide bonds. The van der Waals surface area contributed by atoms with Crippen molar-refractivity contribution in [2.75, 3.05) is 9.96 Å². The van der Waals surface area contributed by atoms with Crippen LogP contribution in [0.5, 0.6) is 0 Å². The van der Waals surface area contributed by atoms with E-state index in [9.17, 15) is 19.7 Å². The third kappa shape index (κ3) is 3.26. The summed E-state index contributed by atoms with van der Waals surface area (Å²) in [6, 6.07) is 27.7. The third-order valence-corrected chi connectivity index (χ3v) is 6.58. The Hall–Kier alpha value is -4.56. The van der Waals surface area contributed by atoms with E-state index in [4.69, 9.17) is 4.84 Å². The summed E-state index contributed by atoms with van der Waals surface area (Å²) in [4.78, 5) is 45.5. The summed E-state index contributed by atoms with van der Waals surface area (Å²) in [7, 11) is 0. The van der Waals surface area contributed by atoms with Gasteiger partial charge in [0.05, 0.1) is 22.3 Å². The summed E-state index contributed by atoms with van der Waals surface area (Å²) < 4.78 is 0. The number of nitro groups is 1. The number of hydroxylamine groups is 1. The quantitative estimate of drug-likeness (QED) is 0.244. The van der Waals surface area contributed by atoms with Crippen molar-refractivity contribution in [3.63, 3.8) is 0 Å². The van der Waals surface area contributed by atoms with Crippen molar-refractivity contribution < 1.29 is 19.3 Å². The highest BCUT2D eigenvalue weighted by molar-refractivity contribution is 6.26. The molecule has 0 bridgehead atoms. The highest BCUT2D eigenvalue weighted by Crippen LogP contribution is 2.48. The molecule has 2 heterocycles. The summed E-state index contributed by atoms with van der Waals surface area (Å²) in [6.07, 6.45) is -1.01. The molecule has 172 valence electrons. The van der Waals surface area contributed by atoms with E-state index in [1.54, 1.807) is 23.3 Å². The lowest BCUT2D eigenvalue weighted by Gasteiger charge is -2.29. The van der Waals surface area contributed by atoms with Crippen molar-refractivity contribution in [1.29, 1.82) is 0 Å². The van der Waals surface area contributed by atoms with Gasteiger partial charge < -0.3 is 0 Å². The van der Waals surface area contributed by atoms with E-state index in [-0.39, 0.29) is 11.6 Å². The molecule has 0 unspecified atom stereocenters. The number of carbonyl (C=O) groups is 2. The first-order valence-electron chi connectivity index (χ1n) is 11.2. The number of hydrogen-bond donors (Lipinski definition) is 0. The van der Waals surface area contributed by atoms with E-state index in [1.807, 2.05) is 66.7 Å². The SMILES string of the molecule is O=C1[C@@H]2[C@H](ON(c3ccccc3)[C@@H]2c2ccc([N+](=O)[O-])cc2)C(=O)N1c1cccc2ccccc12. The molecule has 0 aromatic heterocycles. The van der Waals surface area contributed by atoms with Gasteiger partial charge in [-0.1, -0.05) is 66.7 Å². The highest BCUT2D eigenvalue weighted by Gasteiger charge is 2.60. The predicted molar refractivity (Wildman–Crippen MR) is 130 cm³/mol. The van der Waals surface area contributed by atoms with Gasteiger partial charge in [-0.05, 0) is 29.1 Å². The molecule has 6 rings (SSSR count). The van der Waals surface area contributed by atoms with Crippen molar-refractivity contribution in [2.24, 2.45) is 5.92 Å². The maximum atomic E-state index is 13.9. The van der Waals surface area contributed by atoms with Gasteiger partial charge in [0.25, 0.3) is 11.6 Å². The van der Waals surface area contributed by atoms with Crippen LogP contribution in [0, 0.1) is 16.0 Å². The molecular weight excluding hydrogens is 446 g/mol. The fourth-order valence-corrected chi connectivity index (χ4v) is 4.99. The average Bonchev–Trinajstić information content (AvgIpc) is 3.40. The van der Waals surface area contributed by atoms with Gasteiger partial charge in [0.15, 0.2) is 6.10 Å².